The summed E-state index contributed by atoms with van der Waals surface area (Å²) in [4.78, 5) is 5.01. The summed E-state index contributed by atoms with van der Waals surface area (Å²) in [6.07, 6.45) is 23.3. The van der Waals surface area contributed by atoms with Gasteiger partial charge in [0.05, 0.1) is 5.54 Å². The Labute approximate surface area is 303 Å². The Morgan fingerprint density at radius 3 is 2.16 bits per heavy atom. The third-order valence-electron chi connectivity index (χ3n) is 11.3. The van der Waals surface area contributed by atoms with Gasteiger partial charge in [0, 0.05) is 36.6 Å². The molecule has 9 rings (SSSR count). The first-order chi connectivity index (χ1) is 25.1. The predicted octanol–water partition coefficient (Wildman–Crippen LogP) is 12.3. The van der Waals surface area contributed by atoms with Crippen LogP contribution in [0.25, 0.3) is 28.3 Å². The third-order valence-corrected chi connectivity index (χ3v) is 11.3. The van der Waals surface area contributed by atoms with Crippen LogP contribution in [0.3, 0.4) is 0 Å². The van der Waals surface area contributed by atoms with Crippen molar-refractivity contribution in [2.45, 2.75) is 37.1 Å². The van der Waals surface area contributed by atoms with E-state index in [0.29, 0.717) is 11.8 Å². The average molecular weight is 661 g/mol. The molecule has 0 aliphatic heterocycles. The van der Waals surface area contributed by atoms with E-state index in [1.54, 1.807) is 0 Å². The highest BCUT2D eigenvalue weighted by Crippen LogP contribution is 2.62. The molecule has 1 saturated carbocycles. The number of fused-ring (bicyclic) bond motifs is 3. The third kappa shape index (κ3) is 6.10. The maximum absolute atomic E-state index is 2.62. The van der Waals surface area contributed by atoms with Crippen molar-refractivity contribution in [3.63, 3.8) is 0 Å². The fourth-order valence-electron chi connectivity index (χ4n) is 8.52. The van der Waals surface area contributed by atoms with E-state index in [0.717, 1.165) is 32.2 Å². The summed E-state index contributed by atoms with van der Waals surface area (Å²) in [5, 5.41) is 0. The highest BCUT2D eigenvalue weighted by atomic mass is 15.3. The van der Waals surface area contributed by atoms with Crippen LogP contribution in [0.5, 0.6) is 0 Å². The molecule has 0 spiro atoms. The number of benzene rings is 5. The maximum atomic E-state index is 2.62. The van der Waals surface area contributed by atoms with Crippen molar-refractivity contribution in [2.24, 2.45) is 5.92 Å². The second-order valence-corrected chi connectivity index (χ2v) is 14.6. The highest BCUT2D eigenvalue weighted by molar-refractivity contribution is 5.82. The van der Waals surface area contributed by atoms with Crippen molar-refractivity contribution in [1.82, 2.24) is 0 Å². The first-order valence-electron chi connectivity index (χ1n) is 18.6. The zero-order chi connectivity index (χ0) is 34.2. The van der Waals surface area contributed by atoms with E-state index in [1.165, 1.54) is 61.6 Å². The van der Waals surface area contributed by atoms with Gasteiger partial charge in [0.2, 0.25) is 0 Å². The lowest BCUT2D eigenvalue weighted by molar-refractivity contribution is 0.646. The number of hydrogen-bond acceptors (Lipinski definition) is 2. The summed E-state index contributed by atoms with van der Waals surface area (Å²) in [5.41, 5.74) is 14.2. The van der Waals surface area contributed by atoms with Crippen molar-refractivity contribution in [3.05, 3.63) is 192 Å². The summed E-state index contributed by atoms with van der Waals surface area (Å²) in [6, 6.07) is 47.1. The zero-order valence-corrected chi connectivity index (χ0v) is 29.3. The van der Waals surface area contributed by atoms with Crippen molar-refractivity contribution in [2.75, 3.05) is 23.4 Å². The van der Waals surface area contributed by atoms with Gasteiger partial charge in [-0.1, -0.05) is 140 Å². The van der Waals surface area contributed by atoms with Gasteiger partial charge in [-0.25, -0.2) is 0 Å². The van der Waals surface area contributed by atoms with Crippen LogP contribution in [0.15, 0.2) is 170 Å². The van der Waals surface area contributed by atoms with Crippen LogP contribution in [-0.4, -0.2) is 19.1 Å². The quantitative estimate of drug-likeness (QED) is 0.155. The smallest absolute Gasteiger partial charge is 0.0713 e. The minimum Gasteiger partial charge on any atom is -0.374 e. The topological polar surface area (TPSA) is 6.48 Å². The highest BCUT2D eigenvalue weighted by Gasteiger charge is 2.59. The molecular formula is C49H44N2. The Bertz CT molecular complexity index is 2200. The molecule has 5 aromatic carbocycles. The monoisotopic (exact) mass is 660 g/mol. The lowest BCUT2D eigenvalue weighted by Crippen LogP contribution is -2.34. The van der Waals surface area contributed by atoms with Crippen molar-refractivity contribution < 1.29 is 0 Å². The summed E-state index contributed by atoms with van der Waals surface area (Å²) in [6.45, 7) is 0.976. The van der Waals surface area contributed by atoms with E-state index in [4.69, 9.17) is 0 Å². The molecule has 4 aliphatic carbocycles. The van der Waals surface area contributed by atoms with E-state index in [-0.39, 0.29) is 5.54 Å². The first-order valence-corrected chi connectivity index (χ1v) is 18.6. The van der Waals surface area contributed by atoms with E-state index in [9.17, 15) is 0 Å². The lowest BCUT2D eigenvalue weighted by atomic mass is 9.91. The molecule has 4 aliphatic rings. The number of rotatable bonds is 9. The van der Waals surface area contributed by atoms with Crippen LogP contribution in [-0.2, 0) is 0 Å². The normalized spacial score (nSPS) is 21.3. The minimum absolute atomic E-state index is 0.0652. The van der Waals surface area contributed by atoms with Gasteiger partial charge in [0.1, 0.15) is 0 Å². The molecular weight excluding hydrogens is 617 g/mol. The largest absolute Gasteiger partial charge is 0.374 e. The molecule has 0 bridgehead atoms. The van der Waals surface area contributed by atoms with E-state index < -0.39 is 0 Å². The van der Waals surface area contributed by atoms with Crippen LogP contribution >= 0.6 is 0 Å². The molecule has 0 N–H and O–H groups in total. The van der Waals surface area contributed by atoms with Crippen LogP contribution in [0.4, 0.5) is 17.1 Å². The average Bonchev–Trinajstić information content (AvgIpc) is 3.95. The van der Waals surface area contributed by atoms with Gasteiger partial charge in [-0.15, -0.1) is 0 Å². The summed E-state index contributed by atoms with van der Waals surface area (Å²) in [5.74, 6) is 0.927. The number of allylic oxidation sites excluding steroid dienone is 7. The molecule has 0 amide bonds. The van der Waals surface area contributed by atoms with Gasteiger partial charge < -0.3 is 9.80 Å². The molecule has 2 heteroatoms. The second-order valence-electron chi connectivity index (χ2n) is 14.6. The maximum Gasteiger partial charge on any atom is 0.0713 e. The fraction of sp³-hybridized carbons (Fsp3) is 0.184. The van der Waals surface area contributed by atoms with Crippen LogP contribution < -0.4 is 9.80 Å². The molecule has 0 aromatic heterocycles. The van der Waals surface area contributed by atoms with Crippen molar-refractivity contribution in [3.8, 4) is 11.1 Å². The molecule has 250 valence electrons. The van der Waals surface area contributed by atoms with Crippen LogP contribution in [0.1, 0.15) is 53.9 Å². The Balaban J connectivity index is 0.979. The molecule has 3 atom stereocenters. The van der Waals surface area contributed by atoms with Gasteiger partial charge in [0.15, 0.2) is 0 Å². The summed E-state index contributed by atoms with van der Waals surface area (Å²) >= 11 is 0. The second kappa shape index (κ2) is 13.3. The fourth-order valence-corrected chi connectivity index (χ4v) is 8.52. The Morgan fingerprint density at radius 1 is 0.608 bits per heavy atom. The molecule has 3 unspecified atom stereocenters. The van der Waals surface area contributed by atoms with Gasteiger partial charge in [-0.05, 0) is 113 Å². The minimum atomic E-state index is -0.0652. The zero-order valence-electron chi connectivity index (χ0n) is 29.3. The number of nitrogens with zero attached hydrogens (tertiary/aromatic N) is 2. The van der Waals surface area contributed by atoms with E-state index >= 15 is 0 Å². The first kappa shape index (κ1) is 31.4. The molecule has 0 heterocycles. The molecule has 51 heavy (non-hydrogen) atoms. The van der Waals surface area contributed by atoms with Crippen molar-refractivity contribution >= 4 is 34.3 Å². The Kier molecular flexibility index (Phi) is 8.16. The molecule has 0 radical (unpaired) electrons. The number of anilines is 3. The Hall–Kier alpha value is -5.60. The van der Waals surface area contributed by atoms with E-state index in [1.807, 2.05) is 0 Å². The predicted molar refractivity (Wildman–Crippen MR) is 217 cm³/mol. The van der Waals surface area contributed by atoms with Gasteiger partial charge in [-0.3, -0.25) is 0 Å². The van der Waals surface area contributed by atoms with Gasteiger partial charge >= 0.3 is 0 Å². The summed E-state index contributed by atoms with van der Waals surface area (Å²) in [7, 11) is 2.21. The van der Waals surface area contributed by atoms with Crippen LogP contribution in [0.2, 0.25) is 0 Å². The lowest BCUT2D eigenvalue weighted by Gasteiger charge is -2.36. The molecule has 1 fully saturated rings. The van der Waals surface area contributed by atoms with Crippen molar-refractivity contribution in [1.29, 1.82) is 0 Å². The van der Waals surface area contributed by atoms with Gasteiger partial charge in [0.25, 0.3) is 0 Å². The SMILES string of the molecule is CN(CC1C=C(c2ccc(N(c3cccc(C4=CCCC=C4)c3)C34C=Cc5ccccc5C3C4)cc2)C=CC1)c1ccc(-c2ccccc2)cc1. The number of hydrogen-bond donors (Lipinski definition) is 0. The molecule has 0 saturated heterocycles. The Morgan fingerprint density at radius 2 is 1.33 bits per heavy atom. The molecule has 2 nitrogen and oxygen atoms in total. The summed E-state index contributed by atoms with van der Waals surface area (Å²) < 4.78 is 0. The van der Waals surface area contributed by atoms with Crippen LogP contribution in [0, 0.1) is 5.92 Å². The van der Waals surface area contributed by atoms with Gasteiger partial charge in [-0.2, -0.15) is 0 Å². The molecule has 5 aromatic rings. The van der Waals surface area contributed by atoms with E-state index in [2.05, 4.69) is 193 Å². The standard InChI is InChI=1S/C49H44N2/c1-50(44-26-22-39(23-27-44)37-13-4-2-5-14-37)35-36-12-10-18-42(32-36)40-24-28-45(29-25-40)51(46-20-11-19-43(33-46)38-15-6-3-7-16-38)49-31-30-41-17-8-9-21-47(41)48(49)34-49/h2,4-6,8-11,13-33,36,48H,3,7,12,34-35H2,1H3.